The SMILES string of the molecule is Cc1ccc(Sc2ccc(F)cc2)c(N2CCNCC2)c1. The number of rotatable bonds is 3. The first kappa shape index (κ1) is 14.4. The van der Waals surface area contributed by atoms with E-state index in [9.17, 15) is 4.39 Å². The van der Waals surface area contributed by atoms with Gasteiger partial charge < -0.3 is 10.2 Å². The van der Waals surface area contributed by atoms with Gasteiger partial charge in [0.1, 0.15) is 5.82 Å². The molecule has 1 aliphatic heterocycles. The van der Waals surface area contributed by atoms with Gasteiger partial charge >= 0.3 is 0 Å². The fraction of sp³-hybridized carbons (Fsp3) is 0.294. The highest BCUT2D eigenvalue weighted by Gasteiger charge is 2.15. The summed E-state index contributed by atoms with van der Waals surface area (Å²) in [4.78, 5) is 4.72. The van der Waals surface area contributed by atoms with Gasteiger partial charge in [-0.25, -0.2) is 4.39 Å². The third-order valence-corrected chi connectivity index (χ3v) is 4.69. The van der Waals surface area contributed by atoms with Crippen LogP contribution in [0.3, 0.4) is 0 Å². The van der Waals surface area contributed by atoms with Crippen molar-refractivity contribution in [1.82, 2.24) is 5.32 Å². The van der Waals surface area contributed by atoms with Gasteiger partial charge in [0.15, 0.2) is 0 Å². The largest absolute Gasteiger partial charge is 0.368 e. The molecule has 0 saturated carbocycles. The van der Waals surface area contributed by atoms with E-state index in [-0.39, 0.29) is 5.82 Å². The number of aryl methyl sites for hydroxylation is 1. The maximum atomic E-state index is 13.0. The minimum atomic E-state index is -0.189. The zero-order valence-electron chi connectivity index (χ0n) is 12.1. The summed E-state index contributed by atoms with van der Waals surface area (Å²) in [6.45, 7) is 6.22. The van der Waals surface area contributed by atoms with E-state index in [4.69, 9.17) is 0 Å². The predicted octanol–water partition coefficient (Wildman–Crippen LogP) is 3.69. The fourth-order valence-electron chi connectivity index (χ4n) is 2.50. The molecule has 21 heavy (non-hydrogen) atoms. The van der Waals surface area contributed by atoms with Crippen molar-refractivity contribution in [3.8, 4) is 0 Å². The van der Waals surface area contributed by atoms with Crippen LogP contribution in [0, 0.1) is 12.7 Å². The average molecular weight is 302 g/mol. The molecule has 1 N–H and O–H groups in total. The van der Waals surface area contributed by atoms with Gasteiger partial charge in [0, 0.05) is 36.0 Å². The molecule has 0 aromatic heterocycles. The van der Waals surface area contributed by atoms with Crippen molar-refractivity contribution in [2.75, 3.05) is 31.1 Å². The van der Waals surface area contributed by atoms with Gasteiger partial charge in [-0.05, 0) is 48.9 Å². The zero-order valence-corrected chi connectivity index (χ0v) is 12.9. The molecule has 0 aliphatic carbocycles. The molecule has 1 aliphatic rings. The Bertz CT molecular complexity index is 607. The standard InChI is InChI=1S/C17H19FN2S/c1-13-2-7-17(21-15-5-3-14(18)4-6-15)16(12-13)20-10-8-19-9-11-20/h2-7,12,19H,8-11H2,1H3. The second kappa shape index (κ2) is 6.50. The van der Waals surface area contributed by atoms with Crippen molar-refractivity contribution < 1.29 is 4.39 Å². The highest BCUT2D eigenvalue weighted by Crippen LogP contribution is 2.36. The fourth-order valence-corrected chi connectivity index (χ4v) is 3.45. The molecule has 3 rings (SSSR count). The molecule has 0 amide bonds. The second-order valence-electron chi connectivity index (χ2n) is 5.26. The van der Waals surface area contributed by atoms with Crippen LogP contribution in [0.4, 0.5) is 10.1 Å². The minimum Gasteiger partial charge on any atom is -0.368 e. The Balaban J connectivity index is 1.88. The summed E-state index contributed by atoms with van der Waals surface area (Å²) in [7, 11) is 0. The predicted molar refractivity (Wildman–Crippen MR) is 86.8 cm³/mol. The molecule has 0 bridgehead atoms. The van der Waals surface area contributed by atoms with Crippen molar-refractivity contribution in [3.63, 3.8) is 0 Å². The van der Waals surface area contributed by atoms with Crippen LogP contribution in [0.5, 0.6) is 0 Å². The van der Waals surface area contributed by atoms with E-state index in [0.29, 0.717) is 0 Å². The Hall–Kier alpha value is -1.52. The van der Waals surface area contributed by atoms with Crippen LogP contribution < -0.4 is 10.2 Å². The van der Waals surface area contributed by atoms with Gasteiger partial charge in [-0.2, -0.15) is 0 Å². The summed E-state index contributed by atoms with van der Waals surface area (Å²) < 4.78 is 13.0. The van der Waals surface area contributed by atoms with Crippen molar-refractivity contribution in [2.24, 2.45) is 0 Å². The lowest BCUT2D eigenvalue weighted by Crippen LogP contribution is -2.43. The van der Waals surface area contributed by atoms with E-state index < -0.39 is 0 Å². The van der Waals surface area contributed by atoms with E-state index in [1.54, 1.807) is 11.8 Å². The maximum Gasteiger partial charge on any atom is 0.123 e. The van der Waals surface area contributed by atoms with Crippen LogP contribution in [0.25, 0.3) is 0 Å². The Kier molecular flexibility index (Phi) is 4.46. The van der Waals surface area contributed by atoms with Crippen LogP contribution in [0.1, 0.15) is 5.56 Å². The van der Waals surface area contributed by atoms with Gasteiger partial charge in [0.2, 0.25) is 0 Å². The molecule has 110 valence electrons. The first-order valence-corrected chi connectivity index (χ1v) is 8.04. The molecule has 2 aromatic rings. The Labute approximate surface area is 129 Å². The highest BCUT2D eigenvalue weighted by molar-refractivity contribution is 7.99. The molecule has 2 nitrogen and oxygen atoms in total. The van der Waals surface area contributed by atoms with Crippen molar-refractivity contribution in [2.45, 2.75) is 16.7 Å². The Morgan fingerprint density at radius 1 is 1.05 bits per heavy atom. The number of anilines is 1. The smallest absolute Gasteiger partial charge is 0.123 e. The molecule has 1 fully saturated rings. The minimum absolute atomic E-state index is 0.189. The Morgan fingerprint density at radius 3 is 2.48 bits per heavy atom. The summed E-state index contributed by atoms with van der Waals surface area (Å²) in [5.41, 5.74) is 2.55. The van der Waals surface area contributed by atoms with Crippen molar-refractivity contribution in [3.05, 3.63) is 53.8 Å². The molecule has 0 atom stereocenters. The number of hydrogen-bond acceptors (Lipinski definition) is 3. The molecule has 0 unspecified atom stereocenters. The van der Waals surface area contributed by atoms with Crippen LogP contribution in [-0.4, -0.2) is 26.2 Å². The molecule has 0 radical (unpaired) electrons. The number of piperazine rings is 1. The van der Waals surface area contributed by atoms with E-state index in [1.165, 1.54) is 28.3 Å². The summed E-state index contributed by atoms with van der Waals surface area (Å²) in [5.74, 6) is -0.189. The lowest BCUT2D eigenvalue weighted by atomic mass is 10.2. The monoisotopic (exact) mass is 302 g/mol. The van der Waals surface area contributed by atoms with Crippen LogP contribution >= 0.6 is 11.8 Å². The zero-order chi connectivity index (χ0) is 14.7. The van der Waals surface area contributed by atoms with Crippen LogP contribution in [0.2, 0.25) is 0 Å². The van der Waals surface area contributed by atoms with Gasteiger partial charge in [-0.1, -0.05) is 17.8 Å². The number of nitrogens with zero attached hydrogens (tertiary/aromatic N) is 1. The third kappa shape index (κ3) is 3.57. The molecule has 1 saturated heterocycles. The molecule has 1 heterocycles. The molecule has 0 spiro atoms. The maximum absolute atomic E-state index is 13.0. The highest BCUT2D eigenvalue weighted by atomic mass is 32.2. The Morgan fingerprint density at radius 2 is 1.76 bits per heavy atom. The lowest BCUT2D eigenvalue weighted by molar-refractivity contribution is 0.587. The lowest BCUT2D eigenvalue weighted by Gasteiger charge is -2.31. The number of benzene rings is 2. The normalized spacial score (nSPS) is 15.2. The average Bonchev–Trinajstić information content (AvgIpc) is 2.52. The van der Waals surface area contributed by atoms with Crippen molar-refractivity contribution >= 4 is 17.4 Å². The second-order valence-corrected chi connectivity index (χ2v) is 6.38. The van der Waals surface area contributed by atoms with E-state index in [2.05, 4.69) is 35.3 Å². The molecular formula is C17H19FN2S. The third-order valence-electron chi connectivity index (χ3n) is 3.61. The van der Waals surface area contributed by atoms with Gasteiger partial charge in [-0.3, -0.25) is 0 Å². The summed E-state index contributed by atoms with van der Waals surface area (Å²) >= 11 is 1.70. The van der Waals surface area contributed by atoms with Crippen LogP contribution in [-0.2, 0) is 0 Å². The molecule has 2 aromatic carbocycles. The quantitative estimate of drug-likeness (QED) is 0.931. The van der Waals surface area contributed by atoms with Crippen LogP contribution in [0.15, 0.2) is 52.3 Å². The van der Waals surface area contributed by atoms with E-state index in [1.807, 2.05) is 12.1 Å². The van der Waals surface area contributed by atoms with E-state index in [0.717, 1.165) is 31.1 Å². The van der Waals surface area contributed by atoms with E-state index >= 15 is 0 Å². The number of nitrogens with one attached hydrogen (secondary N) is 1. The van der Waals surface area contributed by atoms with Gasteiger partial charge in [0.25, 0.3) is 0 Å². The molecule has 4 heteroatoms. The number of halogens is 1. The first-order valence-electron chi connectivity index (χ1n) is 7.22. The van der Waals surface area contributed by atoms with Gasteiger partial charge in [-0.15, -0.1) is 0 Å². The topological polar surface area (TPSA) is 15.3 Å². The number of hydrogen-bond donors (Lipinski definition) is 1. The molecular weight excluding hydrogens is 283 g/mol. The first-order chi connectivity index (χ1) is 10.2. The van der Waals surface area contributed by atoms with Crippen molar-refractivity contribution in [1.29, 1.82) is 0 Å². The summed E-state index contributed by atoms with van der Waals surface area (Å²) in [6.07, 6.45) is 0. The van der Waals surface area contributed by atoms with Gasteiger partial charge in [0.05, 0.1) is 5.69 Å². The summed E-state index contributed by atoms with van der Waals surface area (Å²) in [6, 6.07) is 13.3. The summed E-state index contributed by atoms with van der Waals surface area (Å²) in [5, 5.41) is 3.38.